The number of hydrazine groups is 1. The summed E-state index contributed by atoms with van der Waals surface area (Å²) < 4.78 is 4.65. The van der Waals surface area contributed by atoms with E-state index in [4.69, 9.17) is 11.6 Å². The number of rotatable bonds is 4. The summed E-state index contributed by atoms with van der Waals surface area (Å²) in [7, 11) is 1.33. The fourth-order valence-electron chi connectivity index (χ4n) is 2.71. The van der Waals surface area contributed by atoms with Gasteiger partial charge in [-0.1, -0.05) is 23.7 Å². The van der Waals surface area contributed by atoms with Gasteiger partial charge in [-0.25, -0.2) is 15.6 Å². The Hall–Kier alpha value is -2.41. The summed E-state index contributed by atoms with van der Waals surface area (Å²) in [6, 6.07) is 13.7. The summed E-state index contributed by atoms with van der Waals surface area (Å²) in [5.74, 6) is -0.563. The van der Waals surface area contributed by atoms with E-state index >= 15 is 0 Å². The predicted molar refractivity (Wildman–Crippen MR) is 95.3 cm³/mol. The molecule has 1 fully saturated rings. The minimum Gasteiger partial charge on any atom is -0.465 e. The quantitative estimate of drug-likeness (QED) is 0.731. The Kier molecular flexibility index (Phi) is 5.33. The van der Waals surface area contributed by atoms with Crippen LogP contribution in [0.2, 0.25) is 5.02 Å². The number of hydrogen-bond donors (Lipinski definition) is 3. The van der Waals surface area contributed by atoms with Crippen molar-refractivity contribution in [3.63, 3.8) is 0 Å². The monoisotopic (exact) mass is 359 g/mol. The Morgan fingerprint density at radius 1 is 1.16 bits per heavy atom. The zero-order valence-electron chi connectivity index (χ0n) is 13.6. The Balaban J connectivity index is 1.60. The topological polar surface area (TPSA) is 79.5 Å². The molecule has 0 aromatic heterocycles. The summed E-state index contributed by atoms with van der Waals surface area (Å²) in [5.41, 5.74) is 8.20. The maximum atomic E-state index is 12.4. The molecule has 3 N–H and O–H groups in total. The summed E-state index contributed by atoms with van der Waals surface area (Å²) in [4.78, 5) is 23.8. The molecule has 0 spiro atoms. The molecule has 0 radical (unpaired) electrons. The number of benzene rings is 2. The van der Waals surface area contributed by atoms with Crippen LogP contribution in [-0.4, -0.2) is 25.0 Å². The average Bonchev–Trinajstić information content (AvgIpc) is 3.12. The number of ether oxygens (including phenoxy) is 1. The van der Waals surface area contributed by atoms with Crippen LogP contribution in [0.1, 0.15) is 28.4 Å². The molecule has 1 saturated heterocycles. The Morgan fingerprint density at radius 2 is 1.92 bits per heavy atom. The SMILES string of the molecule is COC(=O)c1ccc(NC(=O)C2CC(c3cccc(Cl)c3)NN2)cc1. The van der Waals surface area contributed by atoms with Crippen LogP contribution in [0.15, 0.2) is 48.5 Å². The molecule has 130 valence electrons. The highest BCUT2D eigenvalue weighted by Crippen LogP contribution is 2.25. The number of carbonyl (C=O) groups excluding carboxylic acids is 2. The standard InChI is InChI=1S/C18H18ClN3O3/c1-25-18(24)11-5-7-14(8-6-11)20-17(23)16-10-15(21-22-16)12-3-2-4-13(19)9-12/h2-9,15-16,21-22H,10H2,1H3,(H,20,23). The van der Waals surface area contributed by atoms with Gasteiger partial charge in [0.1, 0.15) is 6.04 Å². The Bertz CT molecular complexity index is 779. The lowest BCUT2D eigenvalue weighted by Crippen LogP contribution is -2.39. The van der Waals surface area contributed by atoms with Gasteiger partial charge >= 0.3 is 5.97 Å². The van der Waals surface area contributed by atoms with Crippen molar-refractivity contribution in [2.75, 3.05) is 12.4 Å². The molecule has 1 aliphatic rings. The number of esters is 1. The zero-order chi connectivity index (χ0) is 17.8. The molecular weight excluding hydrogens is 342 g/mol. The van der Waals surface area contributed by atoms with Gasteiger partial charge in [0.05, 0.1) is 12.7 Å². The number of halogens is 1. The molecule has 1 aliphatic heterocycles. The molecular formula is C18H18ClN3O3. The van der Waals surface area contributed by atoms with Crippen molar-refractivity contribution in [3.05, 3.63) is 64.7 Å². The summed E-state index contributed by atoms with van der Waals surface area (Å²) in [6.45, 7) is 0. The molecule has 2 atom stereocenters. The summed E-state index contributed by atoms with van der Waals surface area (Å²) >= 11 is 6.01. The molecule has 2 unspecified atom stereocenters. The van der Waals surface area contributed by atoms with Crippen molar-refractivity contribution in [1.29, 1.82) is 0 Å². The van der Waals surface area contributed by atoms with E-state index in [0.29, 0.717) is 22.7 Å². The maximum Gasteiger partial charge on any atom is 0.337 e. The van der Waals surface area contributed by atoms with E-state index < -0.39 is 5.97 Å². The van der Waals surface area contributed by atoms with Crippen LogP contribution >= 0.6 is 11.6 Å². The number of methoxy groups -OCH3 is 1. The van der Waals surface area contributed by atoms with E-state index in [1.54, 1.807) is 24.3 Å². The Morgan fingerprint density at radius 3 is 2.60 bits per heavy atom. The van der Waals surface area contributed by atoms with E-state index in [1.165, 1.54) is 7.11 Å². The summed E-state index contributed by atoms with van der Waals surface area (Å²) in [6.07, 6.45) is 0.604. The second-order valence-corrected chi connectivity index (χ2v) is 6.18. The smallest absolute Gasteiger partial charge is 0.337 e. The minimum atomic E-state index is -0.413. The van der Waals surface area contributed by atoms with Crippen molar-refractivity contribution in [1.82, 2.24) is 10.9 Å². The molecule has 7 heteroatoms. The van der Waals surface area contributed by atoms with Gasteiger partial charge in [0.25, 0.3) is 0 Å². The first-order chi connectivity index (χ1) is 12.1. The van der Waals surface area contributed by atoms with Crippen LogP contribution in [0, 0.1) is 0 Å². The lowest BCUT2D eigenvalue weighted by Gasteiger charge is -2.11. The normalized spacial score (nSPS) is 19.4. The Labute approximate surface area is 150 Å². The van der Waals surface area contributed by atoms with Gasteiger partial charge in [0.15, 0.2) is 0 Å². The van der Waals surface area contributed by atoms with Gasteiger partial charge in [-0.3, -0.25) is 4.79 Å². The molecule has 6 nitrogen and oxygen atoms in total. The van der Waals surface area contributed by atoms with E-state index in [1.807, 2.05) is 24.3 Å². The van der Waals surface area contributed by atoms with Gasteiger partial charge in [-0.15, -0.1) is 0 Å². The highest BCUT2D eigenvalue weighted by Gasteiger charge is 2.30. The zero-order valence-corrected chi connectivity index (χ0v) is 14.3. The van der Waals surface area contributed by atoms with E-state index in [9.17, 15) is 9.59 Å². The number of nitrogens with one attached hydrogen (secondary N) is 3. The van der Waals surface area contributed by atoms with Crippen molar-refractivity contribution in [3.8, 4) is 0 Å². The first-order valence-corrected chi connectivity index (χ1v) is 8.20. The number of hydrogen-bond acceptors (Lipinski definition) is 5. The van der Waals surface area contributed by atoms with Crippen molar-refractivity contribution < 1.29 is 14.3 Å². The number of amides is 1. The van der Waals surface area contributed by atoms with Crippen LogP contribution in [-0.2, 0) is 9.53 Å². The largest absolute Gasteiger partial charge is 0.465 e. The van der Waals surface area contributed by atoms with Gasteiger partial charge in [-0.05, 0) is 48.4 Å². The van der Waals surface area contributed by atoms with Crippen LogP contribution in [0.25, 0.3) is 0 Å². The fourth-order valence-corrected chi connectivity index (χ4v) is 2.91. The first kappa shape index (κ1) is 17.4. The molecule has 0 bridgehead atoms. The third-order valence-corrected chi connectivity index (χ3v) is 4.28. The second-order valence-electron chi connectivity index (χ2n) is 5.74. The van der Waals surface area contributed by atoms with Crippen LogP contribution in [0.5, 0.6) is 0 Å². The number of carbonyl (C=O) groups is 2. The van der Waals surface area contributed by atoms with Crippen LogP contribution < -0.4 is 16.2 Å². The molecule has 25 heavy (non-hydrogen) atoms. The van der Waals surface area contributed by atoms with Gasteiger partial charge < -0.3 is 10.1 Å². The van der Waals surface area contributed by atoms with E-state index in [0.717, 1.165) is 5.56 Å². The molecule has 1 amide bonds. The van der Waals surface area contributed by atoms with E-state index in [-0.39, 0.29) is 18.0 Å². The van der Waals surface area contributed by atoms with Crippen molar-refractivity contribution in [2.24, 2.45) is 0 Å². The molecule has 2 aromatic rings. The van der Waals surface area contributed by atoms with Crippen LogP contribution in [0.4, 0.5) is 5.69 Å². The average molecular weight is 360 g/mol. The predicted octanol–water partition coefficient (Wildman–Crippen LogP) is 2.67. The molecule has 1 heterocycles. The van der Waals surface area contributed by atoms with Crippen molar-refractivity contribution >= 4 is 29.2 Å². The van der Waals surface area contributed by atoms with Gasteiger partial charge in [-0.2, -0.15) is 0 Å². The highest BCUT2D eigenvalue weighted by atomic mass is 35.5. The van der Waals surface area contributed by atoms with E-state index in [2.05, 4.69) is 20.9 Å². The van der Waals surface area contributed by atoms with Crippen LogP contribution in [0.3, 0.4) is 0 Å². The van der Waals surface area contributed by atoms with Gasteiger partial charge in [0, 0.05) is 16.8 Å². The third-order valence-electron chi connectivity index (χ3n) is 4.04. The minimum absolute atomic E-state index is 0.0103. The molecule has 0 aliphatic carbocycles. The fraction of sp³-hybridized carbons (Fsp3) is 0.222. The maximum absolute atomic E-state index is 12.4. The first-order valence-electron chi connectivity index (χ1n) is 7.82. The lowest BCUT2D eigenvalue weighted by molar-refractivity contribution is -0.117. The third kappa shape index (κ3) is 4.17. The van der Waals surface area contributed by atoms with Gasteiger partial charge in [0.2, 0.25) is 5.91 Å². The molecule has 3 rings (SSSR count). The van der Waals surface area contributed by atoms with Crippen molar-refractivity contribution in [2.45, 2.75) is 18.5 Å². The second kappa shape index (κ2) is 7.65. The summed E-state index contributed by atoms with van der Waals surface area (Å²) in [5, 5.41) is 3.50. The molecule has 2 aromatic carbocycles. The number of anilines is 1. The lowest BCUT2D eigenvalue weighted by atomic mass is 10.0. The highest BCUT2D eigenvalue weighted by molar-refractivity contribution is 6.30. The molecule has 0 saturated carbocycles.